The van der Waals surface area contributed by atoms with Crippen LogP contribution in [0.1, 0.15) is 54.8 Å². The van der Waals surface area contributed by atoms with Crippen LogP contribution in [-0.4, -0.2) is 11.8 Å². The fourth-order valence-corrected chi connectivity index (χ4v) is 1.12. The molecule has 0 bridgehead atoms. The first kappa shape index (κ1) is 14.4. The van der Waals surface area contributed by atoms with E-state index in [1.807, 2.05) is 13.8 Å². The highest BCUT2D eigenvalue weighted by Crippen LogP contribution is 2.13. The first-order valence-electron chi connectivity index (χ1n) is 5.65. The van der Waals surface area contributed by atoms with Crippen molar-refractivity contribution >= 4 is 11.8 Å². The average molecular weight is 221 g/mol. The second kappa shape index (κ2) is 7.63. The monoisotopic (exact) mass is 221 g/mol. The lowest BCUT2D eigenvalue weighted by Crippen LogP contribution is -2.19. The van der Waals surface area contributed by atoms with Crippen LogP contribution >= 0.6 is 0 Å². The van der Waals surface area contributed by atoms with Crippen molar-refractivity contribution in [2.24, 2.45) is 0 Å². The molecule has 3 heteroatoms. The fraction of sp³-hybridized carbons (Fsp3) is 0.385. The standard InChI is InChI=1S/C8H5NO2.C3H8.C2H6/c10-7-5-3-1-2-4-6(5)8(11)9-7;1-3-2;1-2/h1-4H,(H,9,10,11);3H2,1-2H3;1-2H3. The number of hydrogen-bond acceptors (Lipinski definition) is 2. The number of benzene rings is 1. The third-order valence-electron chi connectivity index (χ3n) is 1.64. The summed E-state index contributed by atoms with van der Waals surface area (Å²) in [5, 5.41) is 2.20. The van der Waals surface area contributed by atoms with Gasteiger partial charge in [0.05, 0.1) is 11.1 Å². The zero-order chi connectivity index (χ0) is 12.6. The maximum absolute atomic E-state index is 10.9. The van der Waals surface area contributed by atoms with E-state index in [1.54, 1.807) is 24.3 Å². The molecule has 0 saturated heterocycles. The molecule has 0 aliphatic carbocycles. The van der Waals surface area contributed by atoms with Gasteiger partial charge in [0.25, 0.3) is 11.8 Å². The summed E-state index contributed by atoms with van der Waals surface area (Å²) < 4.78 is 0. The fourth-order valence-electron chi connectivity index (χ4n) is 1.12. The van der Waals surface area contributed by atoms with Gasteiger partial charge in [-0.3, -0.25) is 14.9 Å². The molecule has 0 aromatic heterocycles. The molecule has 0 spiro atoms. The predicted octanol–water partition coefficient (Wildman–Crippen LogP) is 3.01. The van der Waals surface area contributed by atoms with E-state index in [1.165, 1.54) is 6.42 Å². The molecule has 88 valence electrons. The Balaban J connectivity index is 0.000000394. The van der Waals surface area contributed by atoms with E-state index in [0.717, 1.165) is 0 Å². The van der Waals surface area contributed by atoms with Gasteiger partial charge in [0.15, 0.2) is 0 Å². The number of fused-ring (bicyclic) bond motifs is 1. The lowest BCUT2D eigenvalue weighted by molar-refractivity contribution is 0.0879. The summed E-state index contributed by atoms with van der Waals surface area (Å²) in [6, 6.07) is 6.74. The zero-order valence-corrected chi connectivity index (χ0v) is 10.3. The number of amides is 2. The van der Waals surface area contributed by atoms with Crippen molar-refractivity contribution in [1.82, 2.24) is 5.32 Å². The molecule has 0 radical (unpaired) electrons. The molecule has 1 aromatic carbocycles. The van der Waals surface area contributed by atoms with E-state index in [2.05, 4.69) is 19.2 Å². The van der Waals surface area contributed by atoms with Crippen LogP contribution in [0.4, 0.5) is 0 Å². The van der Waals surface area contributed by atoms with Crippen molar-refractivity contribution < 1.29 is 9.59 Å². The van der Waals surface area contributed by atoms with Crippen molar-refractivity contribution in [3.63, 3.8) is 0 Å². The van der Waals surface area contributed by atoms with E-state index in [4.69, 9.17) is 0 Å². The molecule has 0 unspecified atom stereocenters. The van der Waals surface area contributed by atoms with Gasteiger partial charge in [-0.05, 0) is 12.1 Å². The van der Waals surface area contributed by atoms with E-state index in [0.29, 0.717) is 11.1 Å². The molecule has 0 fully saturated rings. The predicted molar refractivity (Wildman–Crippen MR) is 65.6 cm³/mol. The SMILES string of the molecule is CC.CCC.O=C1NC(=O)c2ccccc21. The Kier molecular flexibility index (Phi) is 6.84. The molecule has 16 heavy (non-hydrogen) atoms. The van der Waals surface area contributed by atoms with Crippen LogP contribution in [-0.2, 0) is 0 Å². The Labute approximate surface area is 96.9 Å². The van der Waals surface area contributed by atoms with Crippen molar-refractivity contribution in [3.05, 3.63) is 35.4 Å². The van der Waals surface area contributed by atoms with Crippen molar-refractivity contribution in [3.8, 4) is 0 Å². The van der Waals surface area contributed by atoms with Crippen LogP contribution in [0.15, 0.2) is 24.3 Å². The molecule has 2 rings (SSSR count). The van der Waals surface area contributed by atoms with Crippen molar-refractivity contribution in [2.75, 3.05) is 0 Å². The molecular formula is C13H19NO2. The summed E-state index contributed by atoms with van der Waals surface area (Å²) >= 11 is 0. The van der Waals surface area contributed by atoms with Crippen molar-refractivity contribution in [2.45, 2.75) is 34.1 Å². The summed E-state index contributed by atoms with van der Waals surface area (Å²) in [5.74, 6) is -0.601. The maximum Gasteiger partial charge on any atom is 0.258 e. The summed E-state index contributed by atoms with van der Waals surface area (Å²) in [6.45, 7) is 8.25. The Bertz CT molecular complexity index is 326. The third-order valence-corrected chi connectivity index (χ3v) is 1.64. The van der Waals surface area contributed by atoms with Gasteiger partial charge < -0.3 is 0 Å². The molecule has 1 heterocycles. The smallest absolute Gasteiger partial charge is 0.258 e. The topological polar surface area (TPSA) is 46.2 Å². The first-order valence-corrected chi connectivity index (χ1v) is 5.65. The third kappa shape index (κ3) is 3.50. The molecule has 1 aromatic rings. The lowest BCUT2D eigenvalue weighted by Gasteiger charge is -1.88. The Morgan fingerprint density at radius 2 is 1.25 bits per heavy atom. The minimum atomic E-state index is -0.300. The van der Waals surface area contributed by atoms with Gasteiger partial charge >= 0.3 is 0 Å². The quantitative estimate of drug-likeness (QED) is 0.684. The Morgan fingerprint density at radius 3 is 1.56 bits per heavy atom. The van der Waals surface area contributed by atoms with Gasteiger partial charge in [0.1, 0.15) is 0 Å². The number of rotatable bonds is 0. The summed E-state index contributed by atoms with van der Waals surface area (Å²) in [7, 11) is 0. The molecule has 1 N–H and O–H groups in total. The van der Waals surface area contributed by atoms with Crippen LogP contribution in [0.3, 0.4) is 0 Å². The minimum absolute atomic E-state index is 0.300. The molecule has 1 aliphatic heterocycles. The van der Waals surface area contributed by atoms with Gasteiger partial charge in [-0.15, -0.1) is 0 Å². The van der Waals surface area contributed by atoms with Crippen LogP contribution in [0.2, 0.25) is 0 Å². The number of nitrogens with one attached hydrogen (secondary N) is 1. The van der Waals surface area contributed by atoms with Crippen LogP contribution in [0.25, 0.3) is 0 Å². The number of hydrogen-bond donors (Lipinski definition) is 1. The zero-order valence-electron chi connectivity index (χ0n) is 10.3. The maximum atomic E-state index is 10.9. The summed E-state index contributed by atoms with van der Waals surface area (Å²) in [5.41, 5.74) is 0.940. The Morgan fingerprint density at radius 1 is 0.938 bits per heavy atom. The van der Waals surface area contributed by atoms with E-state index in [9.17, 15) is 9.59 Å². The van der Waals surface area contributed by atoms with Crippen LogP contribution in [0, 0.1) is 0 Å². The van der Waals surface area contributed by atoms with Gasteiger partial charge in [-0.25, -0.2) is 0 Å². The molecular weight excluding hydrogens is 202 g/mol. The number of carbonyl (C=O) groups excluding carboxylic acids is 2. The van der Waals surface area contributed by atoms with E-state index >= 15 is 0 Å². The number of imide groups is 1. The normalized spacial score (nSPS) is 11.5. The largest absolute Gasteiger partial charge is 0.288 e. The minimum Gasteiger partial charge on any atom is -0.288 e. The van der Waals surface area contributed by atoms with Gasteiger partial charge in [0.2, 0.25) is 0 Å². The second-order valence-electron chi connectivity index (χ2n) is 3.04. The van der Waals surface area contributed by atoms with Crippen molar-refractivity contribution in [1.29, 1.82) is 0 Å². The van der Waals surface area contributed by atoms with Gasteiger partial charge in [0, 0.05) is 0 Å². The van der Waals surface area contributed by atoms with Crippen LogP contribution < -0.4 is 5.32 Å². The first-order chi connectivity index (χ1) is 7.70. The molecule has 2 amide bonds. The molecule has 0 atom stereocenters. The summed E-state index contributed by atoms with van der Waals surface area (Å²) in [4.78, 5) is 21.9. The van der Waals surface area contributed by atoms with Gasteiger partial charge in [-0.2, -0.15) is 0 Å². The molecule has 3 nitrogen and oxygen atoms in total. The highest BCUT2D eigenvalue weighted by molar-refractivity contribution is 6.21. The number of carbonyl (C=O) groups is 2. The highest BCUT2D eigenvalue weighted by Gasteiger charge is 2.25. The summed E-state index contributed by atoms with van der Waals surface area (Å²) in [6.07, 6.45) is 1.25. The molecule has 0 saturated carbocycles. The highest BCUT2D eigenvalue weighted by atomic mass is 16.2. The van der Waals surface area contributed by atoms with E-state index < -0.39 is 0 Å². The average Bonchev–Trinajstić information content (AvgIpc) is 2.60. The molecule has 1 aliphatic rings. The Hall–Kier alpha value is -1.64. The van der Waals surface area contributed by atoms with Crippen LogP contribution in [0.5, 0.6) is 0 Å². The van der Waals surface area contributed by atoms with Gasteiger partial charge in [-0.1, -0.05) is 46.2 Å². The second-order valence-corrected chi connectivity index (χ2v) is 3.04. The van der Waals surface area contributed by atoms with E-state index in [-0.39, 0.29) is 11.8 Å². The lowest BCUT2D eigenvalue weighted by atomic mass is 10.1.